The first-order chi connectivity index (χ1) is 9.84. The van der Waals surface area contributed by atoms with Crippen molar-refractivity contribution in [3.05, 3.63) is 35.9 Å². The third-order valence-electron chi connectivity index (χ3n) is 3.41. The van der Waals surface area contributed by atoms with Crippen molar-refractivity contribution in [1.29, 1.82) is 0 Å². The van der Waals surface area contributed by atoms with E-state index < -0.39 is 0 Å². The van der Waals surface area contributed by atoms with Crippen LogP contribution in [0.4, 0.5) is 4.39 Å². The van der Waals surface area contributed by atoms with Crippen molar-refractivity contribution < 1.29 is 4.39 Å². The molecular weight excluding hydrogens is 251 g/mol. The zero-order valence-electron chi connectivity index (χ0n) is 13.5. The van der Waals surface area contributed by atoms with Crippen molar-refractivity contribution in [3.8, 4) is 0 Å². The number of nitrogens with one attached hydrogen (secondary N) is 1. The number of halogens is 1. The van der Waals surface area contributed by atoms with E-state index in [4.69, 9.17) is 0 Å². The molecule has 0 atom stereocenters. The highest BCUT2D eigenvalue weighted by molar-refractivity contribution is 5.14. The highest BCUT2D eigenvalue weighted by Gasteiger charge is 2.15. The van der Waals surface area contributed by atoms with Crippen LogP contribution in [0.25, 0.3) is 0 Å². The topological polar surface area (TPSA) is 15.3 Å². The lowest BCUT2D eigenvalue weighted by Gasteiger charge is -2.29. The van der Waals surface area contributed by atoms with Crippen LogP contribution in [0.15, 0.2) is 30.3 Å². The van der Waals surface area contributed by atoms with E-state index in [-0.39, 0.29) is 0 Å². The summed E-state index contributed by atoms with van der Waals surface area (Å²) < 4.78 is 9.50. The minimum Gasteiger partial charge on any atom is -0.314 e. The number of piperidine rings is 1. The monoisotopic (exact) mass is 282 g/mol. The van der Waals surface area contributed by atoms with Crippen molar-refractivity contribution in [2.24, 2.45) is 0 Å². The summed E-state index contributed by atoms with van der Waals surface area (Å²) in [6, 6.07) is 11.5. The fraction of sp³-hybridized carbons (Fsp3) is 0.647. The standard InChI is InChI=1S/C14H22N2.C2H6.CH3F/c1-16-11-8-14(9-12-16)15-10-7-13-5-3-2-4-6-13;2*1-2/h2-6,14-15H,7-12H2,1H3;1-2H3;1H3. The van der Waals surface area contributed by atoms with E-state index in [0.29, 0.717) is 7.18 Å². The molecule has 1 aromatic rings. The fourth-order valence-electron chi connectivity index (χ4n) is 2.28. The van der Waals surface area contributed by atoms with Crippen LogP contribution in [0, 0.1) is 0 Å². The van der Waals surface area contributed by atoms with E-state index in [2.05, 4.69) is 47.6 Å². The Kier molecular flexibility index (Phi) is 12.5. The van der Waals surface area contributed by atoms with Gasteiger partial charge < -0.3 is 10.2 Å². The Morgan fingerprint density at radius 2 is 1.65 bits per heavy atom. The van der Waals surface area contributed by atoms with E-state index in [1.54, 1.807) is 0 Å². The first-order valence-corrected chi connectivity index (χ1v) is 7.68. The van der Waals surface area contributed by atoms with Crippen LogP contribution in [-0.4, -0.2) is 44.8 Å². The number of rotatable bonds is 4. The Hall–Kier alpha value is -0.930. The van der Waals surface area contributed by atoms with Gasteiger partial charge in [0.15, 0.2) is 0 Å². The van der Waals surface area contributed by atoms with Gasteiger partial charge >= 0.3 is 0 Å². The lowest BCUT2D eigenvalue weighted by Crippen LogP contribution is -2.41. The quantitative estimate of drug-likeness (QED) is 0.909. The maximum atomic E-state index is 9.50. The summed E-state index contributed by atoms with van der Waals surface area (Å²) in [5.74, 6) is 0. The van der Waals surface area contributed by atoms with Gasteiger partial charge in [0, 0.05) is 6.04 Å². The number of hydrogen-bond donors (Lipinski definition) is 1. The van der Waals surface area contributed by atoms with Crippen molar-refractivity contribution in [2.45, 2.75) is 39.2 Å². The molecule has 2 rings (SSSR count). The Labute approximate surface area is 124 Å². The predicted octanol–water partition coefficient (Wildman–Crippen LogP) is 3.52. The highest BCUT2D eigenvalue weighted by atomic mass is 19.1. The highest BCUT2D eigenvalue weighted by Crippen LogP contribution is 2.08. The van der Waals surface area contributed by atoms with Gasteiger partial charge in [0.05, 0.1) is 7.18 Å². The van der Waals surface area contributed by atoms with Crippen LogP contribution in [0.3, 0.4) is 0 Å². The number of hydrogen-bond acceptors (Lipinski definition) is 2. The molecule has 0 saturated carbocycles. The van der Waals surface area contributed by atoms with Crippen LogP contribution in [0.2, 0.25) is 0 Å². The van der Waals surface area contributed by atoms with Gasteiger partial charge in [-0.25, -0.2) is 0 Å². The summed E-state index contributed by atoms with van der Waals surface area (Å²) in [6.07, 6.45) is 3.74. The third kappa shape index (κ3) is 8.28. The fourth-order valence-corrected chi connectivity index (χ4v) is 2.28. The number of likely N-dealkylation sites (tertiary alicyclic amines) is 1. The molecule has 0 aromatic heterocycles. The minimum absolute atomic E-state index is 0.500. The Balaban J connectivity index is 0.000000829. The zero-order valence-corrected chi connectivity index (χ0v) is 13.5. The lowest BCUT2D eigenvalue weighted by molar-refractivity contribution is 0.235. The first-order valence-electron chi connectivity index (χ1n) is 7.68. The van der Waals surface area contributed by atoms with Crippen molar-refractivity contribution in [1.82, 2.24) is 10.2 Å². The van der Waals surface area contributed by atoms with E-state index in [1.807, 2.05) is 13.8 Å². The number of benzene rings is 1. The molecule has 20 heavy (non-hydrogen) atoms. The second-order valence-electron chi connectivity index (χ2n) is 4.77. The molecule has 1 heterocycles. The Morgan fingerprint density at radius 1 is 1.10 bits per heavy atom. The number of alkyl halides is 1. The van der Waals surface area contributed by atoms with E-state index in [1.165, 1.54) is 31.5 Å². The molecule has 1 aliphatic rings. The van der Waals surface area contributed by atoms with Gasteiger partial charge in [-0.05, 0) is 51.5 Å². The smallest absolute Gasteiger partial charge is 0.0785 e. The third-order valence-corrected chi connectivity index (χ3v) is 3.41. The molecule has 0 unspecified atom stereocenters. The van der Waals surface area contributed by atoms with Crippen LogP contribution < -0.4 is 5.32 Å². The molecule has 3 heteroatoms. The minimum atomic E-state index is 0.500. The maximum absolute atomic E-state index is 9.50. The van der Waals surface area contributed by atoms with Crippen molar-refractivity contribution in [2.75, 3.05) is 33.9 Å². The first kappa shape index (κ1) is 19.1. The second kappa shape index (κ2) is 13.1. The van der Waals surface area contributed by atoms with Gasteiger partial charge in [0.2, 0.25) is 0 Å². The zero-order chi connectivity index (χ0) is 15.2. The van der Waals surface area contributed by atoms with Crippen LogP contribution in [0.5, 0.6) is 0 Å². The van der Waals surface area contributed by atoms with Gasteiger partial charge in [-0.1, -0.05) is 44.2 Å². The van der Waals surface area contributed by atoms with Crippen molar-refractivity contribution in [3.63, 3.8) is 0 Å². The molecule has 1 saturated heterocycles. The summed E-state index contributed by atoms with van der Waals surface area (Å²) in [5, 5.41) is 3.66. The molecule has 1 N–H and O–H groups in total. The largest absolute Gasteiger partial charge is 0.314 e. The molecular formula is C17H31FN2. The van der Waals surface area contributed by atoms with Gasteiger partial charge in [-0.15, -0.1) is 0 Å². The molecule has 2 nitrogen and oxygen atoms in total. The second-order valence-corrected chi connectivity index (χ2v) is 4.77. The summed E-state index contributed by atoms with van der Waals surface area (Å²) in [5.41, 5.74) is 1.43. The SMILES string of the molecule is CC.CF.CN1CCC(NCCc2ccccc2)CC1. The molecule has 0 spiro atoms. The maximum Gasteiger partial charge on any atom is 0.0785 e. The van der Waals surface area contributed by atoms with Gasteiger partial charge in [-0.3, -0.25) is 4.39 Å². The normalized spacial score (nSPS) is 15.7. The van der Waals surface area contributed by atoms with Crippen LogP contribution in [0.1, 0.15) is 32.3 Å². The summed E-state index contributed by atoms with van der Waals surface area (Å²) >= 11 is 0. The average molecular weight is 282 g/mol. The van der Waals surface area contributed by atoms with E-state index >= 15 is 0 Å². The van der Waals surface area contributed by atoms with Crippen molar-refractivity contribution >= 4 is 0 Å². The van der Waals surface area contributed by atoms with Crippen LogP contribution >= 0.6 is 0 Å². The predicted molar refractivity (Wildman–Crippen MR) is 87.0 cm³/mol. The lowest BCUT2D eigenvalue weighted by atomic mass is 10.1. The average Bonchev–Trinajstić information content (AvgIpc) is 2.54. The van der Waals surface area contributed by atoms with Gasteiger partial charge in [0.25, 0.3) is 0 Å². The van der Waals surface area contributed by atoms with E-state index in [9.17, 15) is 4.39 Å². The molecule has 0 bridgehead atoms. The summed E-state index contributed by atoms with van der Waals surface area (Å²) in [4.78, 5) is 2.41. The Bertz CT molecular complexity index is 295. The molecule has 116 valence electrons. The Morgan fingerprint density at radius 3 is 2.20 bits per heavy atom. The molecule has 1 aliphatic heterocycles. The summed E-state index contributed by atoms with van der Waals surface area (Å²) in [6.45, 7) is 7.59. The van der Waals surface area contributed by atoms with Gasteiger partial charge in [-0.2, -0.15) is 0 Å². The molecule has 0 amide bonds. The molecule has 1 aromatic carbocycles. The molecule has 0 radical (unpaired) electrons. The van der Waals surface area contributed by atoms with E-state index in [0.717, 1.165) is 19.0 Å². The summed E-state index contributed by atoms with van der Waals surface area (Å²) in [7, 11) is 2.71. The van der Waals surface area contributed by atoms with Crippen LogP contribution in [-0.2, 0) is 6.42 Å². The molecule has 0 aliphatic carbocycles. The van der Waals surface area contributed by atoms with Gasteiger partial charge in [0.1, 0.15) is 0 Å². The number of nitrogens with zero attached hydrogens (tertiary/aromatic N) is 1. The molecule has 1 fully saturated rings.